The third-order valence-corrected chi connectivity index (χ3v) is 3.08. The molecule has 0 radical (unpaired) electrons. The van der Waals surface area contributed by atoms with Gasteiger partial charge in [-0.1, -0.05) is 11.8 Å². The smallest absolute Gasteiger partial charge is 0.0910 e. The summed E-state index contributed by atoms with van der Waals surface area (Å²) < 4.78 is 1.09. The number of hydrogen-bond donors (Lipinski definition) is 1. The Morgan fingerprint density at radius 3 is 3.00 bits per heavy atom. The first kappa shape index (κ1) is 9.79. The van der Waals surface area contributed by atoms with E-state index < -0.39 is 0 Å². The van der Waals surface area contributed by atoms with Gasteiger partial charge in [-0.3, -0.25) is 0 Å². The molecule has 1 heterocycles. The van der Waals surface area contributed by atoms with Gasteiger partial charge in [-0.25, -0.2) is 0 Å². The minimum Gasteiger partial charge on any atom is -0.330 e. The molecule has 1 rings (SSSR count). The van der Waals surface area contributed by atoms with E-state index in [1.165, 1.54) is 0 Å². The average Bonchev–Trinajstić information content (AvgIpc) is 2.46. The van der Waals surface area contributed by atoms with Gasteiger partial charge in [-0.2, -0.15) is 0 Å². The summed E-state index contributed by atoms with van der Waals surface area (Å²) in [4.78, 5) is 1.10. The Morgan fingerprint density at radius 2 is 2.42 bits per heavy atom. The standard InChI is InChI=1S/C9H10BrNS/c10-8-5-7-12-9(8)4-2-1-3-6-11/h5,7H,1,3,6,11H2. The molecule has 3 heteroatoms. The van der Waals surface area contributed by atoms with Gasteiger partial charge in [-0.15, -0.1) is 11.3 Å². The van der Waals surface area contributed by atoms with Crippen LogP contribution < -0.4 is 5.73 Å². The van der Waals surface area contributed by atoms with Crippen LogP contribution in [0, 0.1) is 11.8 Å². The molecule has 0 aromatic carbocycles. The first-order valence-corrected chi connectivity index (χ1v) is 5.44. The molecule has 0 saturated carbocycles. The zero-order valence-electron chi connectivity index (χ0n) is 6.64. The van der Waals surface area contributed by atoms with E-state index in [4.69, 9.17) is 5.73 Å². The molecule has 0 atom stereocenters. The van der Waals surface area contributed by atoms with Crippen LogP contribution in [0.2, 0.25) is 0 Å². The van der Waals surface area contributed by atoms with E-state index in [1.807, 2.05) is 11.4 Å². The fourth-order valence-corrected chi connectivity index (χ4v) is 2.05. The molecule has 2 N–H and O–H groups in total. The molecule has 64 valence electrons. The van der Waals surface area contributed by atoms with Crippen molar-refractivity contribution >= 4 is 27.3 Å². The lowest BCUT2D eigenvalue weighted by Crippen LogP contribution is -1.96. The minimum absolute atomic E-state index is 0.723. The van der Waals surface area contributed by atoms with Crippen molar-refractivity contribution in [1.29, 1.82) is 0 Å². The van der Waals surface area contributed by atoms with Crippen molar-refractivity contribution < 1.29 is 0 Å². The second-order valence-electron chi connectivity index (χ2n) is 2.29. The summed E-state index contributed by atoms with van der Waals surface area (Å²) in [5.74, 6) is 6.17. The molecule has 0 bridgehead atoms. The normalized spacial score (nSPS) is 9.17. The highest BCUT2D eigenvalue weighted by atomic mass is 79.9. The third-order valence-electron chi connectivity index (χ3n) is 1.32. The van der Waals surface area contributed by atoms with Crippen LogP contribution in [0.4, 0.5) is 0 Å². The van der Waals surface area contributed by atoms with Gasteiger partial charge in [0.15, 0.2) is 0 Å². The van der Waals surface area contributed by atoms with Crippen LogP contribution in [-0.2, 0) is 0 Å². The molecule has 0 aliphatic heterocycles. The van der Waals surface area contributed by atoms with Crippen LogP contribution in [-0.4, -0.2) is 6.54 Å². The SMILES string of the molecule is NCCCC#Cc1sccc1Br. The third kappa shape index (κ3) is 2.98. The molecule has 0 fully saturated rings. The molecule has 12 heavy (non-hydrogen) atoms. The monoisotopic (exact) mass is 243 g/mol. The topological polar surface area (TPSA) is 26.0 Å². The Morgan fingerprint density at radius 1 is 1.58 bits per heavy atom. The molecule has 0 aliphatic rings. The maximum Gasteiger partial charge on any atom is 0.0910 e. The molecule has 0 unspecified atom stereocenters. The number of unbranched alkanes of at least 4 members (excludes halogenated alkanes) is 1. The summed E-state index contributed by atoms with van der Waals surface area (Å²) in [5, 5.41) is 2.02. The number of halogens is 1. The molecule has 1 aromatic heterocycles. The molecule has 1 aromatic rings. The van der Waals surface area contributed by atoms with E-state index >= 15 is 0 Å². The first-order chi connectivity index (χ1) is 5.84. The van der Waals surface area contributed by atoms with Crippen molar-refractivity contribution in [2.45, 2.75) is 12.8 Å². The van der Waals surface area contributed by atoms with E-state index in [-0.39, 0.29) is 0 Å². The lowest BCUT2D eigenvalue weighted by atomic mass is 10.3. The molecular formula is C9H10BrNS. The Balaban J connectivity index is 2.49. The van der Waals surface area contributed by atoms with Crippen molar-refractivity contribution in [2.75, 3.05) is 6.54 Å². The quantitative estimate of drug-likeness (QED) is 0.628. The van der Waals surface area contributed by atoms with Crippen molar-refractivity contribution in [3.63, 3.8) is 0 Å². The zero-order chi connectivity index (χ0) is 8.81. The van der Waals surface area contributed by atoms with Crippen LogP contribution in [0.15, 0.2) is 15.9 Å². The molecule has 0 amide bonds. The van der Waals surface area contributed by atoms with E-state index in [1.54, 1.807) is 11.3 Å². The molecule has 1 nitrogen and oxygen atoms in total. The largest absolute Gasteiger partial charge is 0.330 e. The van der Waals surface area contributed by atoms with Crippen LogP contribution in [0.5, 0.6) is 0 Å². The van der Waals surface area contributed by atoms with E-state index in [2.05, 4.69) is 27.8 Å². The molecule has 0 aliphatic carbocycles. The summed E-state index contributed by atoms with van der Waals surface area (Å²) in [6.07, 6.45) is 1.87. The fourth-order valence-electron chi connectivity index (χ4n) is 0.716. The number of nitrogens with two attached hydrogens (primary N) is 1. The van der Waals surface area contributed by atoms with Gasteiger partial charge < -0.3 is 5.73 Å². The van der Waals surface area contributed by atoms with Crippen LogP contribution in [0.3, 0.4) is 0 Å². The van der Waals surface area contributed by atoms with Crippen molar-refractivity contribution in [1.82, 2.24) is 0 Å². The second-order valence-corrected chi connectivity index (χ2v) is 4.06. The molecule has 0 spiro atoms. The summed E-state index contributed by atoms with van der Waals surface area (Å²) >= 11 is 5.07. The lowest BCUT2D eigenvalue weighted by molar-refractivity contribution is 0.870. The Bertz CT molecular complexity index is 295. The molecular weight excluding hydrogens is 234 g/mol. The van der Waals surface area contributed by atoms with Gasteiger partial charge in [0.2, 0.25) is 0 Å². The van der Waals surface area contributed by atoms with Gasteiger partial charge in [0.05, 0.1) is 4.88 Å². The maximum atomic E-state index is 5.34. The van der Waals surface area contributed by atoms with Crippen LogP contribution in [0.1, 0.15) is 17.7 Å². The van der Waals surface area contributed by atoms with Crippen molar-refractivity contribution in [2.24, 2.45) is 5.73 Å². The van der Waals surface area contributed by atoms with E-state index in [0.717, 1.165) is 28.7 Å². The minimum atomic E-state index is 0.723. The van der Waals surface area contributed by atoms with Crippen molar-refractivity contribution in [3.05, 3.63) is 20.8 Å². The van der Waals surface area contributed by atoms with Crippen LogP contribution >= 0.6 is 27.3 Å². The summed E-state index contributed by atoms with van der Waals surface area (Å²) in [6.45, 7) is 0.723. The summed E-state index contributed by atoms with van der Waals surface area (Å²) in [6, 6.07) is 2.01. The Labute approximate surface area is 85.1 Å². The second kappa shape index (κ2) is 5.36. The average molecular weight is 244 g/mol. The first-order valence-electron chi connectivity index (χ1n) is 3.76. The fraction of sp³-hybridized carbons (Fsp3) is 0.333. The lowest BCUT2D eigenvalue weighted by Gasteiger charge is -1.85. The number of rotatable bonds is 2. The van der Waals surface area contributed by atoms with Gasteiger partial charge >= 0.3 is 0 Å². The molecule has 0 saturated heterocycles. The predicted molar refractivity (Wildman–Crippen MR) is 57.2 cm³/mol. The highest BCUT2D eigenvalue weighted by molar-refractivity contribution is 9.10. The van der Waals surface area contributed by atoms with Gasteiger partial charge in [0.1, 0.15) is 0 Å². The van der Waals surface area contributed by atoms with Gasteiger partial charge in [0.25, 0.3) is 0 Å². The van der Waals surface area contributed by atoms with Crippen molar-refractivity contribution in [3.8, 4) is 11.8 Å². The number of hydrogen-bond acceptors (Lipinski definition) is 2. The summed E-state index contributed by atoms with van der Waals surface area (Å²) in [5.41, 5.74) is 5.34. The Kier molecular flexibility index (Phi) is 4.37. The van der Waals surface area contributed by atoms with Gasteiger partial charge in [-0.05, 0) is 40.3 Å². The maximum absolute atomic E-state index is 5.34. The van der Waals surface area contributed by atoms with Gasteiger partial charge in [0, 0.05) is 10.9 Å². The highest BCUT2D eigenvalue weighted by Crippen LogP contribution is 2.20. The number of thiophene rings is 1. The zero-order valence-corrected chi connectivity index (χ0v) is 9.04. The van der Waals surface area contributed by atoms with Crippen LogP contribution in [0.25, 0.3) is 0 Å². The van der Waals surface area contributed by atoms with E-state index in [0.29, 0.717) is 0 Å². The summed E-state index contributed by atoms with van der Waals surface area (Å²) in [7, 11) is 0. The van der Waals surface area contributed by atoms with E-state index in [9.17, 15) is 0 Å². The highest BCUT2D eigenvalue weighted by Gasteiger charge is 1.94. The predicted octanol–water partition coefficient (Wildman–Crippen LogP) is 2.60. The Hall–Kier alpha value is -0.300.